The highest BCUT2D eigenvalue weighted by Crippen LogP contribution is 2.26. The lowest BCUT2D eigenvalue weighted by Crippen LogP contribution is -2.39. The SMILES string of the molecule is CC(NC(=O)c1nc(-c2cccc(Cl)n2)[nH]c(=O)c1O)C1CCCCC1. The van der Waals surface area contributed by atoms with Crippen LogP contribution in [0, 0.1) is 5.92 Å². The van der Waals surface area contributed by atoms with Crippen LogP contribution in [0.3, 0.4) is 0 Å². The number of rotatable bonds is 4. The van der Waals surface area contributed by atoms with Gasteiger partial charge in [0.25, 0.3) is 11.5 Å². The predicted octanol–water partition coefficient (Wildman–Crippen LogP) is 2.89. The molecule has 1 aliphatic rings. The van der Waals surface area contributed by atoms with E-state index in [1.54, 1.807) is 18.2 Å². The maximum absolute atomic E-state index is 12.6. The Bertz CT molecular complexity index is 862. The predicted molar refractivity (Wildman–Crippen MR) is 98.3 cm³/mol. The summed E-state index contributed by atoms with van der Waals surface area (Å²) in [5.74, 6) is -0.809. The molecule has 2 heterocycles. The van der Waals surface area contributed by atoms with E-state index in [4.69, 9.17) is 11.6 Å². The van der Waals surface area contributed by atoms with Crippen molar-refractivity contribution in [1.29, 1.82) is 0 Å². The second-order valence-electron chi connectivity index (χ2n) is 6.62. The summed E-state index contributed by atoms with van der Waals surface area (Å²) in [6.45, 7) is 1.94. The number of aromatic amines is 1. The fourth-order valence-corrected chi connectivity index (χ4v) is 3.48. The van der Waals surface area contributed by atoms with Gasteiger partial charge in [-0.2, -0.15) is 0 Å². The van der Waals surface area contributed by atoms with Crippen molar-refractivity contribution in [2.75, 3.05) is 0 Å². The molecule has 1 unspecified atom stereocenters. The Kier molecular flexibility index (Phi) is 5.56. The molecule has 2 aromatic heterocycles. The first-order valence-electron chi connectivity index (χ1n) is 8.73. The number of carbonyl (C=O) groups excluding carboxylic acids is 1. The normalized spacial score (nSPS) is 16.2. The molecule has 1 atom stereocenters. The Hall–Kier alpha value is -2.41. The van der Waals surface area contributed by atoms with Crippen LogP contribution in [0.5, 0.6) is 5.75 Å². The number of aromatic hydroxyl groups is 1. The van der Waals surface area contributed by atoms with Crippen LogP contribution < -0.4 is 10.9 Å². The quantitative estimate of drug-likeness (QED) is 0.711. The molecule has 0 bridgehead atoms. The van der Waals surface area contributed by atoms with Crippen LogP contribution in [0.1, 0.15) is 49.5 Å². The molecular formula is C18H21ClN4O3. The molecule has 3 N–H and O–H groups in total. The van der Waals surface area contributed by atoms with Crippen LogP contribution in [0.15, 0.2) is 23.0 Å². The highest BCUT2D eigenvalue weighted by atomic mass is 35.5. The van der Waals surface area contributed by atoms with Crippen molar-refractivity contribution in [3.05, 3.63) is 39.4 Å². The Morgan fingerprint density at radius 3 is 2.73 bits per heavy atom. The lowest BCUT2D eigenvalue weighted by Gasteiger charge is -2.28. The highest BCUT2D eigenvalue weighted by molar-refractivity contribution is 6.29. The minimum Gasteiger partial charge on any atom is -0.501 e. The van der Waals surface area contributed by atoms with Gasteiger partial charge in [-0.05, 0) is 37.8 Å². The molecule has 26 heavy (non-hydrogen) atoms. The van der Waals surface area contributed by atoms with E-state index in [-0.39, 0.29) is 22.7 Å². The molecule has 1 fully saturated rings. The van der Waals surface area contributed by atoms with Crippen LogP contribution in [0.4, 0.5) is 0 Å². The van der Waals surface area contributed by atoms with Crippen molar-refractivity contribution in [3.8, 4) is 17.3 Å². The van der Waals surface area contributed by atoms with Crippen LogP contribution in [0.2, 0.25) is 5.15 Å². The van der Waals surface area contributed by atoms with Gasteiger partial charge in [-0.15, -0.1) is 0 Å². The van der Waals surface area contributed by atoms with Crippen molar-refractivity contribution in [3.63, 3.8) is 0 Å². The van der Waals surface area contributed by atoms with E-state index < -0.39 is 17.2 Å². The molecule has 1 aliphatic carbocycles. The topological polar surface area (TPSA) is 108 Å². The minimum atomic E-state index is -0.799. The third kappa shape index (κ3) is 4.04. The second-order valence-corrected chi connectivity index (χ2v) is 7.00. The van der Waals surface area contributed by atoms with Gasteiger partial charge in [-0.3, -0.25) is 9.59 Å². The molecule has 138 valence electrons. The number of aromatic nitrogens is 3. The molecule has 0 radical (unpaired) electrons. The molecule has 1 saturated carbocycles. The fraction of sp³-hybridized carbons (Fsp3) is 0.444. The second kappa shape index (κ2) is 7.86. The zero-order valence-electron chi connectivity index (χ0n) is 14.5. The number of carbonyl (C=O) groups is 1. The van der Waals surface area contributed by atoms with E-state index in [9.17, 15) is 14.7 Å². The van der Waals surface area contributed by atoms with E-state index in [1.807, 2.05) is 6.92 Å². The van der Waals surface area contributed by atoms with Crippen LogP contribution in [0.25, 0.3) is 11.5 Å². The maximum atomic E-state index is 12.6. The van der Waals surface area contributed by atoms with Gasteiger partial charge in [0, 0.05) is 6.04 Å². The van der Waals surface area contributed by atoms with Crippen molar-refractivity contribution in [2.45, 2.75) is 45.1 Å². The van der Waals surface area contributed by atoms with E-state index in [0.717, 1.165) is 25.7 Å². The van der Waals surface area contributed by atoms with Gasteiger partial charge >= 0.3 is 0 Å². The first-order valence-corrected chi connectivity index (χ1v) is 9.10. The number of hydrogen-bond donors (Lipinski definition) is 3. The van der Waals surface area contributed by atoms with Gasteiger partial charge in [0.2, 0.25) is 5.75 Å². The standard InChI is InChI=1S/C18H21ClN4O3/c1-10(11-6-3-2-4-7-11)20-17(25)14-15(24)18(26)23-16(22-14)12-8-5-9-13(19)21-12/h5,8-11,24H,2-4,6-7H2,1H3,(H,20,25)(H,22,23,26). The highest BCUT2D eigenvalue weighted by Gasteiger charge is 2.25. The Balaban J connectivity index is 1.86. The van der Waals surface area contributed by atoms with Crippen molar-refractivity contribution in [1.82, 2.24) is 20.3 Å². The van der Waals surface area contributed by atoms with E-state index >= 15 is 0 Å². The summed E-state index contributed by atoms with van der Waals surface area (Å²) in [5, 5.41) is 13.1. The van der Waals surface area contributed by atoms with Gasteiger partial charge in [0.05, 0.1) is 0 Å². The largest absolute Gasteiger partial charge is 0.501 e. The summed E-state index contributed by atoms with van der Waals surface area (Å²) in [5.41, 5.74) is -0.801. The van der Waals surface area contributed by atoms with Crippen molar-refractivity contribution >= 4 is 17.5 Å². The number of nitrogens with zero attached hydrogens (tertiary/aromatic N) is 2. The molecule has 0 spiro atoms. The van der Waals surface area contributed by atoms with Gasteiger partial charge in [0.15, 0.2) is 11.5 Å². The number of H-pyrrole nitrogens is 1. The zero-order valence-corrected chi connectivity index (χ0v) is 15.2. The zero-order chi connectivity index (χ0) is 18.7. The van der Waals surface area contributed by atoms with Gasteiger partial charge in [-0.25, -0.2) is 9.97 Å². The molecule has 0 saturated heterocycles. The monoisotopic (exact) mass is 376 g/mol. The summed E-state index contributed by atoms with van der Waals surface area (Å²) in [7, 11) is 0. The molecule has 7 nitrogen and oxygen atoms in total. The molecule has 0 aliphatic heterocycles. The van der Waals surface area contributed by atoms with E-state index in [0.29, 0.717) is 11.6 Å². The first-order chi connectivity index (χ1) is 12.5. The van der Waals surface area contributed by atoms with Crippen LogP contribution in [-0.2, 0) is 0 Å². The number of halogens is 1. The average molecular weight is 377 g/mol. The van der Waals surface area contributed by atoms with Crippen molar-refractivity contribution < 1.29 is 9.90 Å². The van der Waals surface area contributed by atoms with Gasteiger partial charge < -0.3 is 15.4 Å². The molecule has 2 aromatic rings. The number of amides is 1. The molecule has 0 aromatic carbocycles. The Morgan fingerprint density at radius 2 is 2.04 bits per heavy atom. The maximum Gasteiger partial charge on any atom is 0.294 e. The summed E-state index contributed by atoms with van der Waals surface area (Å²) in [6, 6.07) is 4.79. The number of hydrogen-bond acceptors (Lipinski definition) is 5. The lowest BCUT2D eigenvalue weighted by molar-refractivity contribution is 0.0911. The third-order valence-corrected chi connectivity index (χ3v) is 4.99. The summed E-state index contributed by atoms with van der Waals surface area (Å²) in [4.78, 5) is 35.2. The summed E-state index contributed by atoms with van der Waals surface area (Å²) >= 11 is 5.86. The fourth-order valence-electron chi connectivity index (χ4n) is 3.31. The van der Waals surface area contributed by atoms with Crippen molar-refractivity contribution in [2.24, 2.45) is 5.92 Å². The molecule has 8 heteroatoms. The van der Waals surface area contributed by atoms with E-state index in [1.165, 1.54) is 6.42 Å². The summed E-state index contributed by atoms with van der Waals surface area (Å²) in [6.07, 6.45) is 5.67. The summed E-state index contributed by atoms with van der Waals surface area (Å²) < 4.78 is 0. The van der Waals surface area contributed by atoms with Gasteiger partial charge in [0.1, 0.15) is 10.8 Å². The van der Waals surface area contributed by atoms with Crippen LogP contribution >= 0.6 is 11.6 Å². The molecule has 3 rings (SSSR count). The number of pyridine rings is 1. The lowest BCUT2D eigenvalue weighted by atomic mass is 9.84. The van der Waals surface area contributed by atoms with E-state index in [2.05, 4.69) is 20.3 Å². The Morgan fingerprint density at radius 1 is 1.31 bits per heavy atom. The molecular weight excluding hydrogens is 356 g/mol. The van der Waals surface area contributed by atoms with Crippen LogP contribution in [-0.4, -0.2) is 32.0 Å². The smallest absolute Gasteiger partial charge is 0.294 e. The first kappa shape index (κ1) is 18.4. The average Bonchev–Trinajstić information content (AvgIpc) is 2.64. The number of nitrogens with one attached hydrogen (secondary N) is 2. The molecule has 1 amide bonds. The third-order valence-electron chi connectivity index (χ3n) is 4.78. The minimum absolute atomic E-state index is 0.0592. The van der Waals surface area contributed by atoms with Gasteiger partial charge in [-0.1, -0.05) is 36.9 Å². The Labute approximate surface area is 155 Å².